The molecular weight excluding hydrogens is 460 g/mol. The van der Waals surface area contributed by atoms with Gasteiger partial charge in [-0.25, -0.2) is 4.68 Å². The summed E-state index contributed by atoms with van der Waals surface area (Å²) in [5.74, 6) is 2.06. The average Bonchev–Trinajstić information content (AvgIpc) is 3.31. The molecule has 1 aliphatic heterocycles. The summed E-state index contributed by atoms with van der Waals surface area (Å²) in [5, 5.41) is 8.76. The van der Waals surface area contributed by atoms with Crippen LogP contribution in [0.4, 0.5) is 5.95 Å². The van der Waals surface area contributed by atoms with Crippen molar-refractivity contribution in [1.82, 2.24) is 14.8 Å². The summed E-state index contributed by atoms with van der Waals surface area (Å²) >= 11 is 6.42. The van der Waals surface area contributed by atoms with Crippen molar-refractivity contribution >= 4 is 23.3 Å². The first-order valence-corrected chi connectivity index (χ1v) is 12.1. The maximum Gasteiger partial charge on any atom is 0.226 e. The van der Waals surface area contributed by atoms with Crippen molar-refractivity contribution < 1.29 is 9.53 Å². The minimum absolute atomic E-state index is 0.147. The fourth-order valence-corrected chi connectivity index (χ4v) is 4.93. The van der Waals surface area contributed by atoms with Crippen molar-refractivity contribution in [1.29, 1.82) is 0 Å². The van der Waals surface area contributed by atoms with Crippen LogP contribution in [0.3, 0.4) is 0 Å². The third-order valence-electron chi connectivity index (χ3n) is 6.43. The van der Waals surface area contributed by atoms with Gasteiger partial charge in [0.2, 0.25) is 5.95 Å². The maximum atomic E-state index is 13.1. The molecule has 6 rings (SSSR count). The number of aromatic nitrogens is 3. The van der Waals surface area contributed by atoms with Gasteiger partial charge in [-0.1, -0.05) is 66.2 Å². The predicted molar refractivity (Wildman–Crippen MR) is 135 cm³/mol. The summed E-state index contributed by atoms with van der Waals surface area (Å²) in [4.78, 5) is 17.8. The van der Waals surface area contributed by atoms with E-state index in [0.29, 0.717) is 29.8 Å². The van der Waals surface area contributed by atoms with Gasteiger partial charge in [-0.05, 0) is 48.2 Å². The Hall–Kier alpha value is -3.90. The van der Waals surface area contributed by atoms with Gasteiger partial charge in [-0.3, -0.25) is 4.79 Å². The quantitative estimate of drug-likeness (QED) is 0.367. The van der Waals surface area contributed by atoms with Crippen molar-refractivity contribution in [3.8, 4) is 17.1 Å². The predicted octanol–water partition coefficient (Wildman–Crippen LogP) is 6.20. The first kappa shape index (κ1) is 21.6. The number of rotatable bonds is 5. The van der Waals surface area contributed by atoms with Crippen LogP contribution in [0, 0.1) is 0 Å². The second-order valence-electron chi connectivity index (χ2n) is 8.72. The van der Waals surface area contributed by atoms with Gasteiger partial charge in [-0.2, -0.15) is 4.98 Å². The number of benzene rings is 3. The molecule has 1 unspecified atom stereocenters. The Morgan fingerprint density at radius 2 is 1.74 bits per heavy atom. The monoisotopic (exact) mass is 482 g/mol. The summed E-state index contributed by atoms with van der Waals surface area (Å²) in [7, 11) is 0. The fourth-order valence-electron chi connectivity index (χ4n) is 4.71. The van der Waals surface area contributed by atoms with E-state index in [1.54, 1.807) is 4.68 Å². The van der Waals surface area contributed by atoms with E-state index >= 15 is 0 Å². The zero-order chi connectivity index (χ0) is 23.8. The summed E-state index contributed by atoms with van der Waals surface area (Å²) in [5.41, 5.74) is 4.51. The van der Waals surface area contributed by atoms with Gasteiger partial charge in [0, 0.05) is 23.3 Å². The molecule has 1 N–H and O–H groups in total. The van der Waals surface area contributed by atoms with Gasteiger partial charge < -0.3 is 10.1 Å². The summed E-state index contributed by atoms with van der Waals surface area (Å²) in [6.45, 7) is 0.496. The first-order valence-electron chi connectivity index (χ1n) is 11.7. The molecule has 1 aliphatic carbocycles. The van der Waals surface area contributed by atoms with Gasteiger partial charge in [0.05, 0.1) is 5.02 Å². The Morgan fingerprint density at radius 1 is 0.971 bits per heavy atom. The standard InChI is InChI=1S/C28H23ClN4O2/c29-22-10-5-4-9-21(22)27-31-28-30-23-11-6-12-24(34)25(23)26(33(28)32-27)19-13-15-20(16-14-19)35-17-18-7-2-1-3-8-18/h1-5,7-10,13-16,26H,6,11-12,17H2,(H,30,31,32). The number of fused-ring (bicyclic) bond motifs is 1. The fraction of sp³-hybridized carbons (Fsp3) is 0.179. The zero-order valence-electron chi connectivity index (χ0n) is 18.9. The van der Waals surface area contributed by atoms with Crippen LogP contribution in [0.5, 0.6) is 5.75 Å². The van der Waals surface area contributed by atoms with Crippen molar-refractivity contribution in [2.45, 2.75) is 31.9 Å². The second-order valence-corrected chi connectivity index (χ2v) is 9.13. The molecule has 0 saturated heterocycles. The van der Waals surface area contributed by atoms with E-state index in [2.05, 4.69) is 5.32 Å². The number of ether oxygens (including phenoxy) is 1. The van der Waals surface area contributed by atoms with Gasteiger partial charge >= 0.3 is 0 Å². The normalized spacial score (nSPS) is 16.9. The number of carbonyl (C=O) groups excluding carboxylic acids is 1. The van der Waals surface area contributed by atoms with E-state index in [-0.39, 0.29) is 11.8 Å². The van der Waals surface area contributed by atoms with Crippen LogP contribution in [0.1, 0.15) is 36.4 Å². The molecular formula is C28H23ClN4O2. The number of Topliss-reactive ketones (excluding diaryl/α,β-unsaturated/α-hetero) is 1. The number of allylic oxidation sites excluding steroid dienone is 2. The molecule has 35 heavy (non-hydrogen) atoms. The summed E-state index contributed by atoms with van der Waals surface area (Å²) in [6, 6.07) is 25.1. The van der Waals surface area contributed by atoms with Gasteiger partial charge in [0.1, 0.15) is 18.4 Å². The van der Waals surface area contributed by atoms with Crippen molar-refractivity contribution in [3.63, 3.8) is 0 Å². The van der Waals surface area contributed by atoms with E-state index in [1.165, 1.54) is 0 Å². The molecule has 0 amide bonds. The van der Waals surface area contributed by atoms with Crippen LogP contribution >= 0.6 is 11.6 Å². The number of anilines is 1. The van der Waals surface area contributed by atoms with Crippen LogP contribution in [0.2, 0.25) is 5.02 Å². The highest BCUT2D eigenvalue weighted by Crippen LogP contribution is 2.41. The Bertz CT molecular complexity index is 1430. The average molecular weight is 483 g/mol. The molecule has 2 heterocycles. The van der Waals surface area contributed by atoms with Gasteiger partial charge in [0.25, 0.3) is 0 Å². The first-order chi connectivity index (χ1) is 17.2. The summed E-state index contributed by atoms with van der Waals surface area (Å²) < 4.78 is 7.77. The van der Waals surface area contributed by atoms with E-state index < -0.39 is 0 Å². The highest BCUT2D eigenvalue weighted by atomic mass is 35.5. The summed E-state index contributed by atoms with van der Waals surface area (Å²) in [6.07, 6.45) is 2.18. The molecule has 2 aliphatic rings. The van der Waals surface area contributed by atoms with E-state index in [9.17, 15) is 4.79 Å². The number of carbonyl (C=O) groups is 1. The topological polar surface area (TPSA) is 69.0 Å². The molecule has 7 heteroatoms. The minimum atomic E-state index is -0.360. The molecule has 0 radical (unpaired) electrons. The largest absolute Gasteiger partial charge is 0.489 e. The maximum absolute atomic E-state index is 13.1. The zero-order valence-corrected chi connectivity index (χ0v) is 19.7. The Labute approximate surface area is 208 Å². The molecule has 174 valence electrons. The second kappa shape index (κ2) is 9.04. The van der Waals surface area contributed by atoms with Gasteiger partial charge in [0.15, 0.2) is 11.6 Å². The molecule has 0 fully saturated rings. The van der Waals surface area contributed by atoms with Crippen LogP contribution in [0.25, 0.3) is 11.4 Å². The molecule has 6 nitrogen and oxygen atoms in total. The lowest BCUT2D eigenvalue weighted by Gasteiger charge is -2.32. The van der Waals surface area contributed by atoms with E-state index in [0.717, 1.165) is 46.6 Å². The highest BCUT2D eigenvalue weighted by molar-refractivity contribution is 6.33. The van der Waals surface area contributed by atoms with Crippen molar-refractivity contribution in [2.75, 3.05) is 5.32 Å². The third-order valence-corrected chi connectivity index (χ3v) is 6.76. The van der Waals surface area contributed by atoms with E-state index in [4.69, 9.17) is 26.4 Å². The number of hydrogen-bond donors (Lipinski definition) is 1. The Balaban J connectivity index is 1.36. The molecule has 0 spiro atoms. The molecule has 3 aromatic carbocycles. The number of nitrogens with one attached hydrogen (secondary N) is 1. The van der Waals surface area contributed by atoms with Crippen LogP contribution in [0.15, 0.2) is 90.1 Å². The molecule has 0 bridgehead atoms. The van der Waals surface area contributed by atoms with Crippen LogP contribution in [-0.4, -0.2) is 20.5 Å². The van der Waals surface area contributed by atoms with E-state index in [1.807, 2.05) is 78.9 Å². The molecule has 0 saturated carbocycles. The number of halogens is 1. The third kappa shape index (κ3) is 4.10. The van der Waals surface area contributed by atoms with Crippen LogP contribution in [-0.2, 0) is 11.4 Å². The lowest BCUT2D eigenvalue weighted by atomic mass is 9.85. The Morgan fingerprint density at radius 3 is 2.54 bits per heavy atom. The SMILES string of the molecule is O=C1CCCC2=C1C(c1ccc(OCc3ccccc3)cc1)n1nc(-c3ccccc3Cl)nc1N2. The smallest absolute Gasteiger partial charge is 0.226 e. The molecule has 1 aromatic heterocycles. The molecule has 1 atom stereocenters. The highest BCUT2D eigenvalue weighted by Gasteiger charge is 2.37. The molecule has 4 aromatic rings. The number of nitrogens with zero attached hydrogens (tertiary/aromatic N) is 3. The van der Waals surface area contributed by atoms with Crippen molar-refractivity contribution in [3.05, 3.63) is 106 Å². The number of ketones is 1. The van der Waals surface area contributed by atoms with Gasteiger partial charge in [-0.15, -0.1) is 5.10 Å². The Kier molecular flexibility index (Phi) is 5.58. The lowest BCUT2D eigenvalue weighted by molar-refractivity contribution is -0.116. The minimum Gasteiger partial charge on any atom is -0.489 e. The lowest BCUT2D eigenvalue weighted by Crippen LogP contribution is -2.31. The van der Waals surface area contributed by atoms with Crippen molar-refractivity contribution in [2.24, 2.45) is 0 Å². The number of hydrogen-bond acceptors (Lipinski definition) is 5. The van der Waals surface area contributed by atoms with Crippen LogP contribution < -0.4 is 10.1 Å².